The van der Waals surface area contributed by atoms with Gasteiger partial charge in [-0.15, -0.1) is 0 Å². The second-order valence-electron chi connectivity index (χ2n) is 4.22. The SMILES string of the molecule is CCCCNC(=O)CNc1c(Cl)cccc1C(F)(F)F. The van der Waals surface area contributed by atoms with Gasteiger partial charge >= 0.3 is 6.18 Å². The van der Waals surface area contributed by atoms with Crippen LogP contribution in [0.25, 0.3) is 0 Å². The first-order valence-electron chi connectivity index (χ1n) is 6.22. The summed E-state index contributed by atoms with van der Waals surface area (Å²) in [7, 11) is 0. The van der Waals surface area contributed by atoms with Crippen molar-refractivity contribution >= 4 is 23.2 Å². The number of rotatable bonds is 6. The Kier molecular flexibility index (Phi) is 6.13. The van der Waals surface area contributed by atoms with Gasteiger partial charge in [-0.25, -0.2) is 0 Å². The fraction of sp³-hybridized carbons (Fsp3) is 0.462. The second-order valence-corrected chi connectivity index (χ2v) is 4.62. The average molecular weight is 309 g/mol. The molecule has 0 heterocycles. The molecule has 0 aliphatic rings. The zero-order valence-electron chi connectivity index (χ0n) is 11.0. The molecule has 0 fully saturated rings. The zero-order valence-corrected chi connectivity index (χ0v) is 11.7. The molecule has 1 aromatic rings. The van der Waals surface area contributed by atoms with Crippen molar-refractivity contribution in [2.45, 2.75) is 25.9 Å². The largest absolute Gasteiger partial charge is 0.418 e. The second kappa shape index (κ2) is 7.38. The maximum atomic E-state index is 12.8. The van der Waals surface area contributed by atoms with Crippen molar-refractivity contribution in [1.29, 1.82) is 0 Å². The van der Waals surface area contributed by atoms with E-state index in [1.807, 2.05) is 6.92 Å². The predicted octanol–water partition coefficient (Wildman–Crippen LogP) is 3.69. The molecule has 0 bridgehead atoms. The minimum Gasteiger partial charge on any atom is -0.374 e. The van der Waals surface area contributed by atoms with Crippen LogP contribution >= 0.6 is 11.6 Å². The lowest BCUT2D eigenvalue weighted by atomic mass is 10.1. The van der Waals surface area contributed by atoms with E-state index in [-0.39, 0.29) is 23.2 Å². The molecule has 20 heavy (non-hydrogen) atoms. The highest BCUT2D eigenvalue weighted by Gasteiger charge is 2.34. The summed E-state index contributed by atoms with van der Waals surface area (Å²) in [6, 6.07) is 3.48. The van der Waals surface area contributed by atoms with Crippen molar-refractivity contribution < 1.29 is 18.0 Å². The third kappa shape index (κ3) is 4.92. The molecule has 0 aliphatic heterocycles. The number of hydrogen-bond donors (Lipinski definition) is 2. The number of unbranched alkanes of at least 4 members (excludes halogenated alkanes) is 1. The van der Waals surface area contributed by atoms with Gasteiger partial charge in [-0.05, 0) is 18.6 Å². The molecule has 112 valence electrons. The summed E-state index contributed by atoms with van der Waals surface area (Å²) >= 11 is 5.75. The van der Waals surface area contributed by atoms with Gasteiger partial charge in [0.1, 0.15) is 0 Å². The van der Waals surface area contributed by atoms with Crippen molar-refractivity contribution in [3.8, 4) is 0 Å². The molecule has 0 radical (unpaired) electrons. The molecular weight excluding hydrogens is 293 g/mol. The van der Waals surface area contributed by atoms with Crippen LogP contribution in [0.5, 0.6) is 0 Å². The molecule has 0 aromatic heterocycles. The van der Waals surface area contributed by atoms with Gasteiger partial charge in [0.2, 0.25) is 5.91 Å². The third-order valence-electron chi connectivity index (χ3n) is 2.60. The molecular formula is C13H16ClF3N2O. The number of nitrogens with one attached hydrogen (secondary N) is 2. The monoisotopic (exact) mass is 308 g/mol. The van der Waals surface area contributed by atoms with Gasteiger partial charge in [0.25, 0.3) is 0 Å². The molecule has 7 heteroatoms. The number of amides is 1. The van der Waals surface area contributed by atoms with E-state index in [1.54, 1.807) is 0 Å². The standard InChI is InChI=1S/C13H16ClF3N2O/c1-2-3-7-18-11(20)8-19-12-9(13(15,16)17)5-4-6-10(12)14/h4-6,19H,2-3,7-8H2,1H3,(H,18,20). The van der Waals surface area contributed by atoms with Crippen LogP contribution in [0.2, 0.25) is 5.02 Å². The van der Waals surface area contributed by atoms with Gasteiger partial charge in [0, 0.05) is 6.54 Å². The van der Waals surface area contributed by atoms with Crippen LogP contribution < -0.4 is 10.6 Å². The Morgan fingerprint density at radius 3 is 2.65 bits per heavy atom. The van der Waals surface area contributed by atoms with Crippen molar-refractivity contribution in [3.05, 3.63) is 28.8 Å². The Bertz CT molecular complexity index is 463. The van der Waals surface area contributed by atoms with Crippen LogP contribution in [0.15, 0.2) is 18.2 Å². The van der Waals surface area contributed by atoms with Crippen LogP contribution in [-0.4, -0.2) is 19.0 Å². The Hall–Kier alpha value is -1.43. The summed E-state index contributed by atoms with van der Waals surface area (Å²) in [5.41, 5.74) is -1.15. The highest BCUT2D eigenvalue weighted by atomic mass is 35.5. The number of anilines is 1. The van der Waals surface area contributed by atoms with E-state index < -0.39 is 11.7 Å². The van der Waals surface area contributed by atoms with E-state index in [0.29, 0.717) is 6.54 Å². The number of hydrogen-bond acceptors (Lipinski definition) is 2. The first kappa shape index (κ1) is 16.6. The lowest BCUT2D eigenvalue weighted by Crippen LogP contribution is -2.31. The van der Waals surface area contributed by atoms with Gasteiger partial charge in [0.15, 0.2) is 0 Å². The minimum absolute atomic E-state index is 0.0683. The Balaban J connectivity index is 2.70. The molecule has 3 nitrogen and oxygen atoms in total. The smallest absolute Gasteiger partial charge is 0.374 e. The summed E-state index contributed by atoms with van der Waals surface area (Å²) in [4.78, 5) is 11.5. The van der Waals surface area contributed by atoms with Crippen LogP contribution in [0.3, 0.4) is 0 Å². The number of benzene rings is 1. The summed E-state index contributed by atoms with van der Waals surface area (Å²) < 4.78 is 38.4. The van der Waals surface area contributed by atoms with E-state index in [2.05, 4.69) is 10.6 Å². The number of halogens is 4. The summed E-state index contributed by atoms with van der Waals surface area (Å²) in [5.74, 6) is -0.369. The molecule has 1 rings (SSSR count). The maximum absolute atomic E-state index is 12.8. The van der Waals surface area contributed by atoms with Crippen molar-refractivity contribution in [2.24, 2.45) is 0 Å². The molecule has 1 amide bonds. The maximum Gasteiger partial charge on any atom is 0.418 e. The lowest BCUT2D eigenvalue weighted by Gasteiger charge is -2.15. The molecule has 0 unspecified atom stereocenters. The first-order chi connectivity index (χ1) is 9.36. The fourth-order valence-corrected chi connectivity index (χ4v) is 1.82. The lowest BCUT2D eigenvalue weighted by molar-refractivity contribution is -0.137. The molecule has 0 aliphatic carbocycles. The van der Waals surface area contributed by atoms with Crippen LogP contribution in [0.4, 0.5) is 18.9 Å². The van der Waals surface area contributed by atoms with Crippen LogP contribution in [-0.2, 0) is 11.0 Å². The third-order valence-corrected chi connectivity index (χ3v) is 2.91. The number of carbonyl (C=O) groups excluding carboxylic acids is 1. The van der Waals surface area contributed by atoms with Crippen molar-refractivity contribution in [3.63, 3.8) is 0 Å². The molecule has 0 saturated heterocycles. The topological polar surface area (TPSA) is 41.1 Å². The van der Waals surface area contributed by atoms with Gasteiger partial charge in [-0.3, -0.25) is 4.79 Å². The van der Waals surface area contributed by atoms with E-state index in [1.165, 1.54) is 12.1 Å². The Morgan fingerprint density at radius 2 is 2.05 bits per heavy atom. The normalized spacial score (nSPS) is 11.2. The van der Waals surface area contributed by atoms with Crippen molar-refractivity contribution in [1.82, 2.24) is 5.32 Å². The van der Waals surface area contributed by atoms with E-state index in [4.69, 9.17) is 11.6 Å². The quantitative estimate of drug-likeness (QED) is 0.787. The fourth-order valence-electron chi connectivity index (χ4n) is 1.58. The number of carbonyl (C=O) groups is 1. The van der Waals surface area contributed by atoms with Gasteiger partial charge in [-0.1, -0.05) is 31.0 Å². The van der Waals surface area contributed by atoms with Gasteiger partial charge in [0.05, 0.1) is 22.8 Å². The number of alkyl halides is 3. The summed E-state index contributed by atoms with van der Waals surface area (Å²) in [6.07, 6.45) is -2.77. The molecule has 1 aromatic carbocycles. The highest BCUT2D eigenvalue weighted by molar-refractivity contribution is 6.33. The Morgan fingerprint density at radius 1 is 1.35 bits per heavy atom. The molecule has 2 N–H and O–H groups in total. The van der Waals surface area contributed by atoms with E-state index in [9.17, 15) is 18.0 Å². The van der Waals surface area contributed by atoms with E-state index >= 15 is 0 Å². The highest BCUT2D eigenvalue weighted by Crippen LogP contribution is 2.38. The zero-order chi connectivity index (χ0) is 15.2. The minimum atomic E-state index is -4.52. The molecule has 0 saturated carbocycles. The van der Waals surface area contributed by atoms with Crippen molar-refractivity contribution in [2.75, 3.05) is 18.4 Å². The Labute approximate surface area is 120 Å². The number of para-hydroxylation sites is 1. The predicted molar refractivity (Wildman–Crippen MR) is 72.9 cm³/mol. The van der Waals surface area contributed by atoms with Gasteiger partial charge in [-0.2, -0.15) is 13.2 Å². The summed E-state index contributed by atoms with van der Waals surface area (Å²) in [6.45, 7) is 2.23. The van der Waals surface area contributed by atoms with Crippen LogP contribution in [0, 0.1) is 0 Å². The molecule has 0 spiro atoms. The first-order valence-corrected chi connectivity index (χ1v) is 6.60. The average Bonchev–Trinajstić information content (AvgIpc) is 2.36. The molecule has 0 atom stereocenters. The van der Waals surface area contributed by atoms with Gasteiger partial charge < -0.3 is 10.6 Å². The van der Waals surface area contributed by atoms with Crippen LogP contribution in [0.1, 0.15) is 25.3 Å². The van der Waals surface area contributed by atoms with E-state index in [0.717, 1.165) is 18.9 Å². The summed E-state index contributed by atoms with van der Waals surface area (Å²) in [5, 5.41) is 4.99.